The lowest BCUT2D eigenvalue weighted by Gasteiger charge is -2.22. The second kappa shape index (κ2) is 4.55. The zero-order valence-electron chi connectivity index (χ0n) is 10.1. The third kappa shape index (κ3) is 2.46. The number of rotatable bonds is 3. The van der Waals surface area contributed by atoms with E-state index in [4.69, 9.17) is 0 Å². The monoisotopic (exact) mass is 314 g/mol. The van der Waals surface area contributed by atoms with Crippen LogP contribution in [0.15, 0.2) is 22.0 Å². The molecule has 2 heterocycles. The minimum absolute atomic E-state index is 0.547. The Morgan fingerprint density at radius 2 is 2.29 bits per heavy atom. The fraction of sp³-hybridized carbons (Fsp3) is 0.417. The minimum atomic E-state index is -0.850. The van der Waals surface area contributed by atoms with E-state index in [2.05, 4.69) is 21.0 Å². The Morgan fingerprint density at radius 3 is 2.76 bits per heavy atom. The second-order valence-electron chi connectivity index (χ2n) is 4.40. The van der Waals surface area contributed by atoms with E-state index < -0.39 is 5.60 Å². The predicted molar refractivity (Wildman–Crippen MR) is 73.2 cm³/mol. The Hall–Kier alpha value is -0.650. The Morgan fingerprint density at radius 1 is 1.59 bits per heavy atom. The molecule has 0 aliphatic heterocycles. The van der Waals surface area contributed by atoms with Gasteiger partial charge in [-0.15, -0.1) is 11.3 Å². The highest BCUT2D eigenvalue weighted by molar-refractivity contribution is 9.10. The van der Waals surface area contributed by atoms with E-state index in [-0.39, 0.29) is 0 Å². The molecule has 0 saturated heterocycles. The maximum atomic E-state index is 10.5. The molecule has 5 heteroatoms. The average molecular weight is 315 g/mol. The van der Waals surface area contributed by atoms with Gasteiger partial charge in [0.25, 0.3) is 0 Å². The van der Waals surface area contributed by atoms with Crippen molar-refractivity contribution in [2.24, 2.45) is 7.05 Å². The quantitative estimate of drug-likeness (QED) is 0.945. The van der Waals surface area contributed by atoms with Gasteiger partial charge in [0.1, 0.15) is 5.60 Å². The molecule has 0 bridgehead atoms. The van der Waals surface area contributed by atoms with E-state index in [0.717, 1.165) is 20.7 Å². The molecule has 1 atom stereocenters. The number of aliphatic hydroxyl groups is 1. The van der Waals surface area contributed by atoms with Crippen molar-refractivity contribution in [1.29, 1.82) is 0 Å². The smallest absolute Gasteiger partial charge is 0.101 e. The van der Waals surface area contributed by atoms with Gasteiger partial charge in [-0.25, -0.2) is 0 Å². The van der Waals surface area contributed by atoms with Crippen LogP contribution in [0.4, 0.5) is 0 Å². The molecular weight excluding hydrogens is 300 g/mol. The van der Waals surface area contributed by atoms with Crippen LogP contribution in [0.25, 0.3) is 0 Å². The Labute approximate surface area is 113 Å². The van der Waals surface area contributed by atoms with Crippen LogP contribution in [-0.2, 0) is 19.1 Å². The largest absolute Gasteiger partial charge is 0.384 e. The van der Waals surface area contributed by atoms with Crippen molar-refractivity contribution in [1.82, 2.24) is 9.78 Å². The van der Waals surface area contributed by atoms with Gasteiger partial charge in [0.15, 0.2) is 0 Å². The van der Waals surface area contributed by atoms with E-state index in [1.165, 1.54) is 0 Å². The van der Waals surface area contributed by atoms with Gasteiger partial charge in [0.05, 0.1) is 15.9 Å². The molecule has 17 heavy (non-hydrogen) atoms. The van der Waals surface area contributed by atoms with Crippen LogP contribution < -0.4 is 0 Å². The fourth-order valence-corrected chi connectivity index (χ4v) is 3.13. The van der Waals surface area contributed by atoms with Crippen LogP contribution in [0.3, 0.4) is 0 Å². The van der Waals surface area contributed by atoms with Gasteiger partial charge < -0.3 is 5.11 Å². The summed E-state index contributed by atoms with van der Waals surface area (Å²) in [6.45, 7) is 3.79. The summed E-state index contributed by atoms with van der Waals surface area (Å²) in [6.07, 6.45) is 0.547. The highest BCUT2D eigenvalue weighted by Gasteiger charge is 2.27. The highest BCUT2D eigenvalue weighted by atomic mass is 79.9. The van der Waals surface area contributed by atoms with Gasteiger partial charge in [0.2, 0.25) is 0 Å². The van der Waals surface area contributed by atoms with Crippen LogP contribution in [0, 0.1) is 6.92 Å². The van der Waals surface area contributed by atoms with Crippen molar-refractivity contribution < 1.29 is 5.11 Å². The third-order valence-corrected chi connectivity index (χ3v) is 4.98. The van der Waals surface area contributed by atoms with Crippen molar-refractivity contribution in [3.63, 3.8) is 0 Å². The van der Waals surface area contributed by atoms with Crippen molar-refractivity contribution >= 4 is 27.3 Å². The summed E-state index contributed by atoms with van der Waals surface area (Å²) >= 11 is 5.10. The van der Waals surface area contributed by atoms with Crippen molar-refractivity contribution in [3.05, 3.63) is 38.3 Å². The predicted octanol–water partition coefficient (Wildman–Crippen LogP) is 3.00. The standard InChI is InChI=1S/C12H15BrN2OS/c1-8-11(13)9(15(3)14-8)7-12(2,16)10-5-4-6-17-10/h4-6,16H,7H2,1-3H3. The SMILES string of the molecule is Cc1nn(C)c(CC(C)(O)c2cccs2)c1Br. The number of thiophene rings is 1. The molecule has 0 radical (unpaired) electrons. The van der Waals surface area contributed by atoms with Gasteiger partial charge >= 0.3 is 0 Å². The fourth-order valence-electron chi connectivity index (χ4n) is 1.87. The molecule has 0 amide bonds. The lowest BCUT2D eigenvalue weighted by atomic mass is 9.98. The Balaban J connectivity index is 2.32. The van der Waals surface area contributed by atoms with E-state index >= 15 is 0 Å². The molecule has 0 fully saturated rings. The summed E-state index contributed by atoms with van der Waals surface area (Å²) in [4.78, 5) is 0.975. The lowest BCUT2D eigenvalue weighted by Crippen LogP contribution is -2.24. The number of halogens is 1. The van der Waals surface area contributed by atoms with E-state index in [1.54, 1.807) is 11.3 Å². The van der Waals surface area contributed by atoms with Gasteiger partial charge in [-0.2, -0.15) is 5.10 Å². The molecule has 1 unspecified atom stereocenters. The van der Waals surface area contributed by atoms with Crippen molar-refractivity contribution in [2.75, 3.05) is 0 Å². The van der Waals surface area contributed by atoms with E-state index in [1.807, 2.05) is 43.1 Å². The average Bonchev–Trinajstić information content (AvgIpc) is 2.84. The first-order chi connectivity index (χ1) is 7.92. The Bertz CT molecular complexity index is 517. The molecular formula is C12H15BrN2OS. The minimum Gasteiger partial charge on any atom is -0.384 e. The van der Waals surface area contributed by atoms with Gasteiger partial charge in [-0.1, -0.05) is 6.07 Å². The molecule has 2 aromatic rings. The zero-order valence-corrected chi connectivity index (χ0v) is 12.5. The summed E-state index contributed by atoms with van der Waals surface area (Å²) in [5, 5.41) is 16.9. The number of aryl methyl sites for hydroxylation is 2. The van der Waals surface area contributed by atoms with Crippen LogP contribution in [0.1, 0.15) is 23.2 Å². The normalized spacial score (nSPS) is 14.9. The summed E-state index contributed by atoms with van der Waals surface area (Å²) in [5.41, 5.74) is 1.11. The first-order valence-electron chi connectivity index (χ1n) is 5.36. The number of hydrogen-bond acceptors (Lipinski definition) is 3. The summed E-state index contributed by atoms with van der Waals surface area (Å²) in [7, 11) is 1.90. The summed E-state index contributed by atoms with van der Waals surface area (Å²) in [5.74, 6) is 0. The molecule has 1 N–H and O–H groups in total. The first kappa shape index (κ1) is 12.8. The summed E-state index contributed by atoms with van der Waals surface area (Å²) < 4.78 is 2.80. The molecule has 2 rings (SSSR count). The maximum Gasteiger partial charge on any atom is 0.101 e. The molecule has 0 saturated carbocycles. The highest BCUT2D eigenvalue weighted by Crippen LogP contribution is 2.32. The van der Waals surface area contributed by atoms with Gasteiger partial charge in [-0.3, -0.25) is 4.68 Å². The first-order valence-corrected chi connectivity index (χ1v) is 7.03. The van der Waals surface area contributed by atoms with Gasteiger partial charge in [-0.05, 0) is 41.2 Å². The molecule has 0 spiro atoms. The van der Waals surface area contributed by atoms with Gasteiger partial charge in [0, 0.05) is 18.3 Å². The zero-order chi connectivity index (χ0) is 12.6. The van der Waals surface area contributed by atoms with E-state index in [0.29, 0.717) is 6.42 Å². The van der Waals surface area contributed by atoms with Crippen LogP contribution in [-0.4, -0.2) is 14.9 Å². The molecule has 0 aliphatic carbocycles. The second-order valence-corrected chi connectivity index (χ2v) is 6.14. The lowest BCUT2D eigenvalue weighted by molar-refractivity contribution is 0.0593. The number of hydrogen-bond donors (Lipinski definition) is 1. The van der Waals surface area contributed by atoms with Crippen LogP contribution in [0.5, 0.6) is 0 Å². The Kier molecular flexibility index (Phi) is 3.43. The number of aromatic nitrogens is 2. The molecule has 0 aromatic carbocycles. The summed E-state index contributed by atoms with van der Waals surface area (Å²) in [6, 6.07) is 3.92. The molecule has 2 aromatic heterocycles. The van der Waals surface area contributed by atoms with Crippen LogP contribution >= 0.6 is 27.3 Å². The molecule has 92 valence electrons. The van der Waals surface area contributed by atoms with Crippen LogP contribution in [0.2, 0.25) is 0 Å². The van der Waals surface area contributed by atoms with Crippen molar-refractivity contribution in [3.8, 4) is 0 Å². The molecule has 3 nitrogen and oxygen atoms in total. The molecule has 0 aliphatic rings. The van der Waals surface area contributed by atoms with Crippen molar-refractivity contribution in [2.45, 2.75) is 25.9 Å². The third-order valence-electron chi connectivity index (χ3n) is 2.83. The maximum absolute atomic E-state index is 10.5. The van der Waals surface area contributed by atoms with E-state index in [9.17, 15) is 5.11 Å². The number of nitrogens with zero attached hydrogens (tertiary/aromatic N) is 2. The topological polar surface area (TPSA) is 38.0 Å².